The Morgan fingerprint density at radius 3 is 2.95 bits per heavy atom. The average molecular weight is 334 g/mol. The van der Waals surface area contributed by atoms with Crippen LogP contribution in [0.15, 0.2) is 28.8 Å². The largest absolute Gasteiger partial charge is 0.339 e. The first-order chi connectivity index (χ1) is 10.5. The van der Waals surface area contributed by atoms with Crippen LogP contribution >= 0.6 is 22.7 Å². The molecule has 0 aromatic carbocycles. The molecule has 3 aromatic heterocycles. The maximum absolute atomic E-state index is 12.3. The number of thiazole rings is 1. The third-order valence-corrected chi connectivity index (χ3v) is 4.96. The molecule has 0 saturated carbocycles. The summed E-state index contributed by atoms with van der Waals surface area (Å²) in [6, 6.07) is 1.74. The Kier molecular flexibility index (Phi) is 4.04. The van der Waals surface area contributed by atoms with Crippen LogP contribution in [-0.2, 0) is 17.9 Å². The summed E-state index contributed by atoms with van der Waals surface area (Å²) in [5.41, 5.74) is -0.179. The maximum atomic E-state index is 12.3. The van der Waals surface area contributed by atoms with Crippen LogP contribution in [0.2, 0.25) is 0 Å². The van der Waals surface area contributed by atoms with Crippen LogP contribution in [0.25, 0.3) is 10.2 Å². The first-order valence-electron chi connectivity index (χ1n) is 6.62. The van der Waals surface area contributed by atoms with Crippen molar-refractivity contribution in [1.82, 2.24) is 19.4 Å². The summed E-state index contributed by atoms with van der Waals surface area (Å²) in [6.45, 7) is 2.41. The number of hydrogen-bond donors (Lipinski definition) is 0. The molecule has 0 unspecified atom stereocenters. The molecule has 6 nitrogen and oxygen atoms in total. The lowest BCUT2D eigenvalue weighted by atomic mass is 10.4. The first kappa shape index (κ1) is 14.9. The van der Waals surface area contributed by atoms with Gasteiger partial charge in [-0.15, -0.1) is 22.7 Å². The van der Waals surface area contributed by atoms with Gasteiger partial charge in [-0.1, -0.05) is 0 Å². The standard InChI is InChI=1S/C14H14N4O2S2/c1-9-15-5-10(22-9)6-17(2)12(19)7-18-8-16-13-11(14(18)20)3-4-21-13/h3-5,8H,6-7H2,1-2H3. The maximum Gasteiger partial charge on any atom is 0.262 e. The van der Waals surface area contributed by atoms with E-state index in [1.807, 2.05) is 12.3 Å². The number of thiophene rings is 1. The van der Waals surface area contributed by atoms with Crippen molar-refractivity contribution < 1.29 is 4.79 Å². The van der Waals surface area contributed by atoms with E-state index >= 15 is 0 Å². The summed E-state index contributed by atoms with van der Waals surface area (Å²) >= 11 is 2.98. The van der Waals surface area contributed by atoms with Crippen LogP contribution in [0.3, 0.4) is 0 Å². The van der Waals surface area contributed by atoms with Crippen molar-refractivity contribution in [3.63, 3.8) is 0 Å². The van der Waals surface area contributed by atoms with Crippen LogP contribution in [0.1, 0.15) is 9.88 Å². The second-order valence-corrected chi connectivity index (χ2v) is 7.13. The molecule has 0 saturated heterocycles. The van der Waals surface area contributed by atoms with E-state index in [1.54, 1.807) is 35.5 Å². The minimum absolute atomic E-state index is 0.00803. The number of aromatic nitrogens is 3. The average Bonchev–Trinajstić information content (AvgIpc) is 3.11. The van der Waals surface area contributed by atoms with E-state index in [9.17, 15) is 9.59 Å². The zero-order chi connectivity index (χ0) is 15.7. The molecule has 22 heavy (non-hydrogen) atoms. The molecule has 0 spiro atoms. The smallest absolute Gasteiger partial charge is 0.262 e. The topological polar surface area (TPSA) is 68.1 Å². The van der Waals surface area contributed by atoms with Crippen molar-refractivity contribution in [3.05, 3.63) is 44.2 Å². The predicted octanol–water partition coefficient (Wildman–Crippen LogP) is 1.88. The number of carbonyl (C=O) groups is 1. The molecular weight excluding hydrogens is 320 g/mol. The van der Waals surface area contributed by atoms with Gasteiger partial charge in [0.05, 0.1) is 23.3 Å². The van der Waals surface area contributed by atoms with Gasteiger partial charge >= 0.3 is 0 Å². The monoisotopic (exact) mass is 334 g/mol. The van der Waals surface area contributed by atoms with Crippen molar-refractivity contribution >= 4 is 38.8 Å². The molecule has 8 heteroatoms. The van der Waals surface area contributed by atoms with Gasteiger partial charge in [0.2, 0.25) is 5.91 Å². The fourth-order valence-electron chi connectivity index (χ4n) is 2.07. The fraction of sp³-hybridized carbons (Fsp3) is 0.286. The summed E-state index contributed by atoms with van der Waals surface area (Å²) in [4.78, 5) is 36.2. The van der Waals surface area contributed by atoms with Crippen LogP contribution < -0.4 is 5.56 Å². The molecule has 0 aliphatic heterocycles. The third kappa shape index (κ3) is 2.93. The van der Waals surface area contributed by atoms with Crippen LogP contribution in [-0.4, -0.2) is 32.4 Å². The molecule has 1 amide bonds. The Morgan fingerprint density at radius 2 is 2.23 bits per heavy atom. The van der Waals surface area contributed by atoms with Crippen LogP contribution in [0, 0.1) is 6.92 Å². The molecule has 3 heterocycles. The molecule has 3 aromatic rings. The molecule has 0 bridgehead atoms. The molecule has 0 N–H and O–H groups in total. The molecular formula is C14H14N4O2S2. The van der Waals surface area contributed by atoms with Gasteiger partial charge in [0.25, 0.3) is 5.56 Å². The SMILES string of the molecule is Cc1ncc(CN(C)C(=O)Cn2cnc3sccc3c2=O)s1. The molecule has 0 aliphatic rings. The van der Waals surface area contributed by atoms with Crippen molar-refractivity contribution in [2.45, 2.75) is 20.0 Å². The Labute approximate surface area is 134 Å². The number of amides is 1. The lowest BCUT2D eigenvalue weighted by Gasteiger charge is -2.16. The molecule has 0 aliphatic carbocycles. The number of hydrogen-bond acceptors (Lipinski definition) is 6. The summed E-state index contributed by atoms with van der Waals surface area (Å²) in [6.07, 6.45) is 3.21. The van der Waals surface area contributed by atoms with E-state index in [2.05, 4.69) is 9.97 Å². The number of carbonyl (C=O) groups excluding carboxylic acids is 1. The molecule has 0 atom stereocenters. The number of likely N-dealkylation sites (N-methyl/N-ethyl adjacent to an activating group) is 1. The van der Waals surface area contributed by atoms with Gasteiger partial charge in [0.1, 0.15) is 11.4 Å². The zero-order valence-electron chi connectivity index (χ0n) is 12.1. The van der Waals surface area contributed by atoms with Crippen LogP contribution in [0.4, 0.5) is 0 Å². The Bertz CT molecular complexity index is 880. The van der Waals surface area contributed by atoms with Crippen molar-refractivity contribution in [3.8, 4) is 0 Å². The van der Waals surface area contributed by atoms with Crippen LogP contribution in [0.5, 0.6) is 0 Å². The minimum Gasteiger partial charge on any atom is -0.339 e. The second-order valence-electron chi connectivity index (χ2n) is 4.91. The van der Waals surface area contributed by atoms with E-state index in [4.69, 9.17) is 0 Å². The highest BCUT2D eigenvalue weighted by Gasteiger charge is 2.13. The number of fused-ring (bicyclic) bond motifs is 1. The Balaban J connectivity index is 1.74. The van der Waals surface area contributed by atoms with Gasteiger partial charge < -0.3 is 4.90 Å². The van der Waals surface area contributed by atoms with Gasteiger partial charge in [0.15, 0.2) is 0 Å². The first-order valence-corrected chi connectivity index (χ1v) is 8.32. The zero-order valence-corrected chi connectivity index (χ0v) is 13.8. The predicted molar refractivity (Wildman–Crippen MR) is 87.2 cm³/mol. The minimum atomic E-state index is -0.179. The Morgan fingerprint density at radius 1 is 1.41 bits per heavy atom. The number of nitrogens with zero attached hydrogens (tertiary/aromatic N) is 4. The molecule has 0 fully saturated rings. The summed E-state index contributed by atoms with van der Waals surface area (Å²) in [5.74, 6) is -0.135. The van der Waals surface area contributed by atoms with Gasteiger partial charge in [-0.25, -0.2) is 9.97 Å². The normalized spacial score (nSPS) is 11.0. The highest BCUT2D eigenvalue weighted by Crippen LogP contribution is 2.14. The summed E-state index contributed by atoms with van der Waals surface area (Å²) in [5, 5.41) is 3.35. The van der Waals surface area contributed by atoms with Gasteiger partial charge in [-0.3, -0.25) is 14.2 Å². The Hall–Kier alpha value is -2.06. The summed E-state index contributed by atoms with van der Waals surface area (Å²) in [7, 11) is 1.72. The molecule has 3 rings (SSSR count). The lowest BCUT2D eigenvalue weighted by molar-refractivity contribution is -0.131. The van der Waals surface area contributed by atoms with Gasteiger partial charge in [-0.2, -0.15) is 0 Å². The van der Waals surface area contributed by atoms with E-state index in [0.717, 1.165) is 9.88 Å². The second kappa shape index (κ2) is 5.98. The fourth-order valence-corrected chi connectivity index (χ4v) is 3.64. The van der Waals surface area contributed by atoms with E-state index in [0.29, 0.717) is 16.8 Å². The highest BCUT2D eigenvalue weighted by molar-refractivity contribution is 7.16. The highest BCUT2D eigenvalue weighted by atomic mass is 32.1. The van der Waals surface area contributed by atoms with Crippen molar-refractivity contribution in [2.75, 3.05) is 7.05 Å². The molecule has 114 valence electrons. The lowest BCUT2D eigenvalue weighted by Crippen LogP contribution is -2.33. The van der Waals surface area contributed by atoms with E-state index in [-0.39, 0.29) is 18.0 Å². The summed E-state index contributed by atoms with van der Waals surface area (Å²) < 4.78 is 1.35. The van der Waals surface area contributed by atoms with Gasteiger partial charge in [-0.05, 0) is 18.4 Å². The van der Waals surface area contributed by atoms with Crippen molar-refractivity contribution in [1.29, 1.82) is 0 Å². The number of aryl methyl sites for hydroxylation is 1. The van der Waals surface area contributed by atoms with E-state index < -0.39 is 0 Å². The third-order valence-electron chi connectivity index (χ3n) is 3.24. The number of rotatable bonds is 4. The quantitative estimate of drug-likeness (QED) is 0.730. The van der Waals surface area contributed by atoms with Crippen molar-refractivity contribution in [2.24, 2.45) is 0 Å². The molecule has 0 radical (unpaired) electrons. The van der Waals surface area contributed by atoms with Gasteiger partial charge in [0, 0.05) is 18.1 Å². The van der Waals surface area contributed by atoms with E-state index in [1.165, 1.54) is 22.2 Å².